The average molecular weight is 435 g/mol. The number of tetrazole rings is 1. The van der Waals surface area contributed by atoms with Crippen LogP contribution in [0, 0.1) is 3.57 Å². The third-order valence-electron chi connectivity index (χ3n) is 3.38. The summed E-state index contributed by atoms with van der Waals surface area (Å²) in [6.45, 7) is 0.225. The van der Waals surface area contributed by atoms with Crippen molar-refractivity contribution in [3.8, 4) is 11.4 Å². The topological polar surface area (TPSA) is 81.9 Å². The molecule has 1 heterocycles. The normalized spacial score (nSPS) is 10.4. The van der Waals surface area contributed by atoms with Gasteiger partial charge in [0.05, 0.1) is 24.9 Å². The smallest absolute Gasteiger partial charge is 0.252 e. The molecular formula is C16H14IN5O2. The molecule has 1 N–H and O–H groups in total. The zero-order chi connectivity index (χ0) is 16.9. The van der Waals surface area contributed by atoms with E-state index in [1.54, 1.807) is 17.9 Å². The number of aromatic nitrogens is 4. The van der Waals surface area contributed by atoms with Crippen LogP contribution in [-0.4, -0.2) is 33.2 Å². The van der Waals surface area contributed by atoms with E-state index in [4.69, 9.17) is 4.74 Å². The summed E-state index contributed by atoms with van der Waals surface area (Å²) in [5.41, 5.74) is 1.42. The molecule has 2 aromatic carbocycles. The van der Waals surface area contributed by atoms with Crippen molar-refractivity contribution in [2.75, 3.05) is 7.11 Å². The first kappa shape index (κ1) is 16.4. The van der Waals surface area contributed by atoms with Gasteiger partial charge in [0.25, 0.3) is 5.91 Å². The number of amides is 1. The summed E-state index contributed by atoms with van der Waals surface area (Å²) < 4.78 is 7.61. The molecule has 0 saturated carbocycles. The van der Waals surface area contributed by atoms with Gasteiger partial charge >= 0.3 is 0 Å². The average Bonchev–Trinajstić information content (AvgIpc) is 3.08. The second-order valence-electron chi connectivity index (χ2n) is 4.87. The van der Waals surface area contributed by atoms with E-state index in [0.717, 1.165) is 15.0 Å². The Morgan fingerprint density at radius 1 is 1.21 bits per heavy atom. The van der Waals surface area contributed by atoms with Gasteiger partial charge in [0.15, 0.2) is 5.82 Å². The number of hydrogen-bond donors (Lipinski definition) is 1. The summed E-state index contributed by atoms with van der Waals surface area (Å²) >= 11 is 2.13. The van der Waals surface area contributed by atoms with Gasteiger partial charge in [0.2, 0.25) is 0 Å². The Balaban J connectivity index is 1.74. The zero-order valence-electron chi connectivity index (χ0n) is 12.8. The molecule has 0 saturated heterocycles. The molecule has 0 bridgehead atoms. The highest BCUT2D eigenvalue weighted by Crippen LogP contribution is 2.15. The van der Waals surface area contributed by atoms with Crippen molar-refractivity contribution in [3.63, 3.8) is 0 Å². The van der Waals surface area contributed by atoms with Crippen LogP contribution in [-0.2, 0) is 6.54 Å². The zero-order valence-corrected chi connectivity index (χ0v) is 15.0. The fraction of sp³-hybridized carbons (Fsp3) is 0.125. The van der Waals surface area contributed by atoms with Gasteiger partial charge in [-0.1, -0.05) is 12.1 Å². The van der Waals surface area contributed by atoms with Gasteiger partial charge in [-0.25, -0.2) is 0 Å². The summed E-state index contributed by atoms with van der Waals surface area (Å²) in [4.78, 5) is 12.3. The van der Waals surface area contributed by atoms with Crippen LogP contribution >= 0.6 is 22.6 Å². The minimum Gasteiger partial charge on any atom is -0.497 e. The first-order valence-electron chi connectivity index (χ1n) is 7.13. The number of methoxy groups -OCH3 is 1. The van der Waals surface area contributed by atoms with Crippen molar-refractivity contribution in [3.05, 3.63) is 63.5 Å². The lowest BCUT2D eigenvalue weighted by Crippen LogP contribution is -2.25. The number of rotatable bonds is 5. The van der Waals surface area contributed by atoms with Crippen molar-refractivity contribution in [2.24, 2.45) is 0 Å². The number of ether oxygens (including phenoxy) is 1. The summed E-state index contributed by atoms with van der Waals surface area (Å²) in [7, 11) is 1.61. The van der Waals surface area contributed by atoms with E-state index in [1.165, 1.54) is 0 Å². The van der Waals surface area contributed by atoms with Gasteiger partial charge in [-0.15, -0.1) is 5.10 Å². The first-order valence-corrected chi connectivity index (χ1v) is 8.21. The van der Waals surface area contributed by atoms with Crippen LogP contribution in [0.15, 0.2) is 48.5 Å². The summed E-state index contributed by atoms with van der Waals surface area (Å²) in [5.74, 6) is 1.13. The molecule has 0 aliphatic heterocycles. The Kier molecular flexibility index (Phi) is 5.04. The van der Waals surface area contributed by atoms with Crippen LogP contribution in [0.25, 0.3) is 5.69 Å². The lowest BCUT2D eigenvalue weighted by atomic mass is 10.2. The van der Waals surface area contributed by atoms with Crippen molar-refractivity contribution in [1.29, 1.82) is 0 Å². The van der Waals surface area contributed by atoms with Crippen molar-refractivity contribution < 1.29 is 9.53 Å². The number of nitrogens with one attached hydrogen (secondary N) is 1. The number of carbonyl (C=O) groups is 1. The van der Waals surface area contributed by atoms with E-state index in [9.17, 15) is 4.79 Å². The Morgan fingerprint density at radius 2 is 1.96 bits per heavy atom. The first-order chi connectivity index (χ1) is 11.7. The molecule has 0 fully saturated rings. The largest absolute Gasteiger partial charge is 0.497 e. The maximum Gasteiger partial charge on any atom is 0.252 e. The molecule has 0 radical (unpaired) electrons. The van der Waals surface area contributed by atoms with Gasteiger partial charge in [-0.2, -0.15) is 4.68 Å². The molecule has 7 nitrogen and oxygen atoms in total. The predicted molar refractivity (Wildman–Crippen MR) is 96.0 cm³/mol. The standard InChI is InChI=1S/C16H14IN5O2/c1-24-12-8-6-11(7-9-12)22-15(19-20-21-22)10-18-16(23)13-4-2-3-5-14(13)17/h2-9H,10H2,1H3,(H,18,23). The molecule has 0 aliphatic carbocycles. The highest BCUT2D eigenvalue weighted by molar-refractivity contribution is 14.1. The van der Waals surface area contributed by atoms with Gasteiger partial charge in [-0.05, 0) is 69.4 Å². The van der Waals surface area contributed by atoms with Gasteiger partial charge in [0.1, 0.15) is 5.75 Å². The highest BCUT2D eigenvalue weighted by atomic mass is 127. The van der Waals surface area contributed by atoms with E-state index in [2.05, 4.69) is 43.4 Å². The Hall–Kier alpha value is -2.49. The van der Waals surface area contributed by atoms with E-state index in [0.29, 0.717) is 11.4 Å². The van der Waals surface area contributed by atoms with Crippen molar-refractivity contribution in [1.82, 2.24) is 25.5 Å². The molecular weight excluding hydrogens is 421 g/mol. The van der Waals surface area contributed by atoms with Crippen LogP contribution < -0.4 is 10.1 Å². The summed E-state index contributed by atoms with van der Waals surface area (Å²) in [6.07, 6.45) is 0. The lowest BCUT2D eigenvalue weighted by molar-refractivity contribution is 0.0948. The third-order valence-corrected chi connectivity index (χ3v) is 4.32. The van der Waals surface area contributed by atoms with Gasteiger partial charge in [-0.3, -0.25) is 4.79 Å². The van der Waals surface area contributed by atoms with Gasteiger partial charge < -0.3 is 10.1 Å². The van der Waals surface area contributed by atoms with Gasteiger partial charge in [0, 0.05) is 3.57 Å². The molecule has 3 aromatic rings. The molecule has 0 spiro atoms. The molecule has 1 aromatic heterocycles. The summed E-state index contributed by atoms with van der Waals surface area (Å²) in [5, 5.41) is 14.5. The van der Waals surface area contributed by atoms with E-state index in [1.807, 2.05) is 42.5 Å². The second kappa shape index (κ2) is 7.39. The molecule has 8 heteroatoms. The van der Waals surface area contributed by atoms with Crippen LogP contribution in [0.4, 0.5) is 0 Å². The maximum absolute atomic E-state index is 12.3. The fourth-order valence-electron chi connectivity index (χ4n) is 2.14. The van der Waals surface area contributed by atoms with Crippen LogP contribution in [0.2, 0.25) is 0 Å². The quantitative estimate of drug-likeness (QED) is 0.622. The third kappa shape index (κ3) is 3.53. The molecule has 0 unspecified atom stereocenters. The minimum atomic E-state index is -0.163. The minimum absolute atomic E-state index is 0.163. The molecule has 122 valence electrons. The monoisotopic (exact) mass is 435 g/mol. The number of halogens is 1. The Morgan fingerprint density at radius 3 is 2.67 bits per heavy atom. The molecule has 24 heavy (non-hydrogen) atoms. The summed E-state index contributed by atoms with van der Waals surface area (Å²) in [6, 6.07) is 14.7. The second-order valence-corrected chi connectivity index (χ2v) is 6.03. The fourth-order valence-corrected chi connectivity index (χ4v) is 2.77. The SMILES string of the molecule is COc1ccc(-n2nnnc2CNC(=O)c2ccccc2I)cc1. The molecule has 1 amide bonds. The number of carbonyl (C=O) groups excluding carboxylic acids is 1. The molecule has 0 aliphatic rings. The molecule has 3 rings (SSSR count). The maximum atomic E-state index is 12.3. The number of nitrogens with zero attached hydrogens (tertiary/aromatic N) is 4. The van der Waals surface area contributed by atoms with Crippen LogP contribution in [0.1, 0.15) is 16.2 Å². The van der Waals surface area contributed by atoms with E-state index in [-0.39, 0.29) is 12.5 Å². The Bertz CT molecular complexity index is 848. The highest BCUT2D eigenvalue weighted by Gasteiger charge is 2.12. The van der Waals surface area contributed by atoms with Crippen molar-refractivity contribution >= 4 is 28.5 Å². The van der Waals surface area contributed by atoms with Crippen LogP contribution in [0.3, 0.4) is 0 Å². The Labute approximate surface area is 152 Å². The van der Waals surface area contributed by atoms with Crippen LogP contribution in [0.5, 0.6) is 5.75 Å². The lowest BCUT2D eigenvalue weighted by Gasteiger charge is -2.08. The predicted octanol–water partition coefficient (Wildman–Crippen LogP) is 2.21. The molecule has 0 atom stereocenters. The van der Waals surface area contributed by atoms with E-state index >= 15 is 0 Å². The van der Waals surface area contributed by atoms with Crippen molar-refractivity contribution in [2.45, 2.75) is 6.54 Å². The number of hydrogen-bond acceptors (Lipinski definition) is 5. The number of benzene rings is 2. The van der Waals surface area contributed by atoms with E-state index < -0.39 is 0 Å².